The second-order valence-electron chi connectivity index (χ2n) is 5.90. The van der Waals surface area contributed by atoms with Crippen LogP contribution in [0.2, 0.25) is 5.02 Å². The molecular weight excluding hydrogens is 380 g/mol. The largest absolute Gasteiger partial charge is 0.464 e. The first-order chi connectivity index (χ1) is 12.3. The lowest BCUT2D eigenvalue weighted by Gasteiger charge is -2.30. The summed E-state index contributed by atoms with van der Waals surface area (Å²) in [6, 6.07) is 7.01. The van der Waals surface area contributed by atoms with Gasteiger partial charge in [0.15, 0.2) is 5.69 Å². The number of rotatable bonds is 4. The van der Waals surface area contributed by atoms with Crippen LogP contribution in [0, 0.1) is 0 Å². The van der Waals surface area contributed by atoms with Crippen molar-refractivity contribution >= 4 is 33.3 Å². The predicted octanol–water partition coefficient (Wildman–Crippen LogP) is 2.24. The molecule has 1 aliphatic heterocycles. The smallest absolute Gasteiger partial charge is 0.357 e. The van der Waals surface area contributed by atoms with Gasteiger partial charge in [0.2, 0.25) is 10.0 Å². The number of esters is 1. The number of carbonyl (C=O) groups is 1. The van der Waals surface area contributed by atoms with Crippen LogP contribution in [-0.2, 0) is 19.5 Å². The number of hydrogen-bond acceptors (Lipinski definition) is 6. The summed E-state index contributed by atoms with van der Waals surface area (Å²) < 4.78 is 35.8. The van der Waals surface area contributed by atoms with Crippen LogP contribution in [0.3, 0.4) is 0 Å². The van der Waals surface area contributed by atoms with E-state index in [1.54, 1.807) is 24.3 Å². The third-order valence-corrected chi connectivity index (χ3v) is 5.42. The summed E-state index contributed by atoms with van der Waals surface area (Å²) in [4.78, 5) is 14.4. The van der Waals surface area contributed by atoms with E-state index in [4.69, 9.17) is 21.1 Å². The average molecular weight is 399 g/mol. The molecule has 0 aliphatic carbocycles. The lowest BCUT2D eigenvalue weighted by Crippen LogP contribution is -2.37. The molecule has 0 N–H and O–H groups in total. The minimum Gasteiger partial charge on any atom is -0.464 e. The quantitative estimate of drug-likeness (QED) is 0.735. The highest BCUT2D eigenvalue weighted by Crippen LogP contribution is 2.38. The van der Waals surface area contributed by atoms with Gasteiger partial charge in [-0.3, -0.25) is 0 Å². The average Bonchev–Trinajstić information content (AvgIpc) is 3.03. The number of benzene rings is 1. The summed E-state index contributed by atoms with van der Waals surface area (Å²) in [7, 11) is -2.48. The van der Waals surface area contributed by atoms with E-state index >= 15 is 0 Å². The van der Waals surface area contributed by atoms with Crippen molar-refractivity contribution in [2.75, 3.05) is 44.6 Å². The van der Waals surface area contributed by atoms with Gasteiger partial charge in [0, 0.05) is 29.9 Å². The molecule has 3 rings (SSSR count). The van der Waals surface area contributed by atoms with Crippen molar-refractivity contribution in [3.8, 4) is 11.1 Å². The highest BCUT2D eigenvalue weighted by Gasteiger charge is 2.31. The Hall–Kier alpha value is -2.03. The molecule has 1 fully saturated rings. The maximum Gasteiger partial charge on any atom is 0.357 e. The Labute approximate surface area is 157 Å². The van der Waals surface area contributed by atoms with Crippen molar-refractivity contribution in [3.63, 3.8) is 0 Å². The van der Waals surface area contributed by atoms with E-state index in [0.29, 0.717) is 42.6 Å². The number of aromatic nitrogens is 1. The summed E-state index contributed by atoms with van der Waals surface area (Å²) in [5, 5.41) is 0.567. The molecule has 9 heteroatoms. The molecule has 1 aliphatic rings. The molecule has 1 aromatic heterocycles. The molecule has 2 aromatic rings. The van der Waals surface area contributed by atoms with E-state index in [1.807, 2.05) is 4.90 Å². The molecule has 1 saturated heterocycles. The van der Waals surface area contributed by atoms with Crippen LogP contribution in [0.5, 0.6) is 0 Å². The molecule has 0 saturated carbocycles. The van der Waals surface area contributed by atoms with Gasteiger partial charge in [-0.15, -0.1) is 0 Å². The maximum absolute atomic E-state index is 12.5. The Morgan fingerprint density at radius 2 is 1.81 bits per heavy atom. The van der Waals surface area contributed by atoms with Gasteiger partial charge >= 0.3 is 5.97 Å². The van der Waals surface area contributed by atoms with Crippen molar-refractivity contribution in [2.45, 2.75) is 0 Å². The van der Waals surface area contributed by atoms with Crippen LogP contribution in [-0.4, -0.2) is 58.0 Å². The maximum atomic E-state index is 12.5. The summed E-state index contributed by atoms with van der Waals surface area (Å²) in [6.45, 7) is 2.06. The van der Waals surface area contributed by atoms with Crippen LogP contribution in [0.1, 0.15) is 10.5 Å². The Morgan fingerprint density at radius 1 is 1.19 bits per heavy atom. The second kappa shape index (κ2) is 7.30. The third kappa shape index (κ3) is 3.58. The van der Waals surface area contributed by atoms with Crippen molar-refractivity contribution in [1.82, 2.24) is 3.97 Å². The van der Waals surface area contributed by atoms with Crippen LogP contribution in [0.15, 0.2) is 30.5 Å². The lowest BCUT2D eigenvalue weighted by molar-refractivity contribution is 0.0592. The zero-order valence-corrected chi connectivity index (χ0v) is 16.0. The van der Waals surface area contributed by atoms with Gasteiger partial charge in [0.05, 0.1) is 32.3 Å². The molecule has 0 spiro atoms. The normalized spacial score (nSPS) is 15.1. The second-order valence-corrected chi connectivity index (χ2v) is 8.19. The number of anilines is 1. The van der Waals surface area contributed by atoms with Crippen LogP contribution in [0.25, 0.3) is 11.1 Å². The summed E-state index contributed by atoms with van der Waals surface area (Å²) >= 11 is 5.97. The van der Waals surface area contributed by atoms with Gasteiger partial charge in [0.25, 0.3) is 0 Å². The van der Waals surface area contributed by atoms with Crippen LogP contribution in [0.4, 0.5) is 5.69 Å². The number of nitrogens with zero attached hydrogens (tertiary/aromatic N) is 2. The standard InChI is InChI=1S/C17H19ClN2O5S/c1-24-17(21)16-15(19-7-9-25-10-8-19)14(11-20(16)26(2,22)23)12-3-5-13(18)6-4-12/h3-6,11H,7-10H2,1-2H3. The number of morpholine rings is 1. The first-order valence-electron chi connectivity index (χ1n) is 7.95. The molecule has 7 nitrogen and oxygen atoms in total. The summed E-state index contributed by atoms with van der Waals surface area (Å²) in [5.41, 5.74) is 1.88. The molecule has 1 aromatic carbocycles. The molecule has 0 radical (unpaired) electrons. The highest BCUT2D eigenvalue weighted by molar-refractivity contribution is 7.89. The summed E-state index contributed by atoms with van der Waals surface area (Å²) in [5.74, 6) is -0.711. The Balaban J connectivity index is 2.29. The SMILES string of the molecule is COC(=O)c1c(N2CCOCC2)c(-c2ccc(Cl)cc2)cn1S(C)(=O)=O. The van der Waals surface area contributed by atoms with E-state index < -0.39 is 16.0 Å². The fraction of sp³-hybridized carbons (Fsp3) is 0.353. The molecule has 140 valence electrons. The molecule has 0 bridgehead atoms. The van der Waals surface area contributed by atoms with Crippen molar-refractivity contribution in [3.05, 3.63) is 41.2 Å². The number of halogens is 1. The first kappa shape index (κ1) is 18.8. The van der Waals surface area contributed by atoms with Gasteiger partial charge in [0.1, 0.15) is 0 Å². The van der Waals surface area contributed by atoms with Gasteiger partial charge < -0.3 is 14.4 Å². The summed E-state index contributed by atoms with van der Waals surface area (Å²) in [6.07, 6.45) is 2.50. The van der Waals surface area contributed by atoms with E-state index in [9.17, 15) is 13.2 Å². The van der Waals surface area contributed by atoms with E-state index in [2.05, 4.69) is 0 Å². The minimum absolute atomic E-state index is 0.0122. The Morgan fingerprint density at radius 3 is 2.35 bits per heavy atom. The lowest BCUT2D eigenvalue weighted by atomic mass is 10.1. The van der Waals surface area contributed by atoms with Gasteiger partial charge in [-0.05, 0) is 17.7 Å². The molecule has 0 amide bonds. The number of carbonyl (C=O) groups excluding carboxylic acids is 1. The fourth-order valence-corrected chi connectivity index (χ4v) is 3.88. The third-order valence-electron chi connectivity index (χ3n) is 4.16. The number of ether oxygens (including phenoxy) is 2. The minimum atomic E-state index is -3.71. The van der Waals surface area contributed by atoms with Crippen molar-refractivity contribution in [1.29, 1.82) is 0 Å². The Kier molecular flexibility index (Phi) is 5.27. The van der Waals surface area contributed by atoms with Crippen molar-refractivity contribution < 1.29 is 22.7 Å². The monoisotopic (exact) mass is 398 g/mol. The van der Waals surface area contributed by atoms with Gasteiger partial charge in [-0.25, -0.2) is 17.2 Å². The van der Waals surface area contributed by atoms with Crippen LogP contribution < -0.4 is 4.90 Å². The molecular formula is C17H19ClN2O5S. The van der Waals surface area contributed by atoms with Crippen molar-refractivity contribution in [2.24, 2.45) is 0 Å². The molecule has 2 heterocycles. The van der Waals surface area contributed by atoms with Gasteiger partial charge in [-0.2, -0.15) is 0 Å². The Bertz CT molecular complexity index is 915. The molecule has 26 heavy (non-hydrogen) atoms. The van der Waals surface area contributed by atoms with Crippen LogP contribution >= 0.6 is 11.6 Å². The number of methoxy groups -OCH3 is 1. The molecule has 0 unspecified atom stereocenters. The van der Waals surface area contributed by atoms with E-state index in [1.165, 1.54) is 13.3 Å². The number of hydrogen-bond donors (Lipinski definition) is 0. The first-order valence-corrected chi connectivity index (χ1v) is 10.2. The van der Waals surface area contributed by atoms with E-state index in [0.717, 1.165) is 15.8 Å². The highest BCUT2D eigenvalue weighted by atomic mass is 35.5. The zero-order chi connectivity index (χ0) is 18.9. The molecule has 0 atom stereocenters. The van der Waals surface area contributed by atoms with E-state index in [-0.39, 0.29) is 5.69 Å². The fourth-order valence-electron chi connectivity index (χ4n) is 2.97. The van der Waals surface area contributed by atoms with Gasteiger partial charge in [-0.1, -0.05) is 23.7 Å². The zero-order valence-electron chi connectivity index (χ0n) is 14.4. The predicted molar refractivity (Wildman–Crippen MR) is 99.5 cm³/mol. The topological polar surface area (TPSA) is 77.8 Å².